The molecule has 1 aromatic rings. The van der Waals surface area contributed by atoms with Gasteiger partial charge in [0.2, 0.25) is 11.8 Å². The molecule has 0 aliphatic carbocycles. The second kappa shape index (κ2) is 9.79. The normalized spacial score (nSPS) is 16.7. The third-order valence-electron chi connectivity index (χ3n) is 4.29. The third-order valence-corrected chi connectivity index (χ3v) is 4.29. The number of nitrogens with one attached hydrogen (secondary N) is 2. The van der Waals surface area contributed by atoms with Crippen molar-refractivity contribution in [3.63, 3.8) is 0 Å². The van der Waals surface area contributed by atoms with Gasteiger partial charge in [0.25, 0.3) is 5.91 Å². The van der Waals surface area contributed by atoms with E-state index in [4.69, 9.17) is 4.74 Å². The number of carbonyl (C=O) groups excluding carboxylic acids is 3. The van der Waals surface area contributed by atoms with E-state index in [1.54, 1.807) is 36.1 Å². The van der Waals surface area contributed by atoms with Crippen LogP contribution in [0.4, 0.5) is 0 Å². The van der Waals surface area contributed by atoms with Crippen LogP contribution in [0.25, 0.3) is 0 Å². The molecule has 2 rings (SSSR count). The molecule has 0 bridgehead atoms. The molecule has 0 radical (unpaired) electrons. The average molecular weight is 361 g/mol. The number of hydrogen-bond donors (Lipinski definition) is 2. The maximum absolute atomic E-state index is 12.4. The Hall–Kier alpha value is -2.57. The lowest BCUT2D eigenvalue weighted by molar-refractivity contribution is -0.132. The molecule has 7 nitrogen and oxygen atoms in total. The fourth-order valence-corrected chi connectivity index (χ4v) is 2.95. The monoisotopic (exact) mass is 361 g/mol. The van der Waals surface area contributed by atoms with Crippen molar-refractivity contribution in [1.82, 2.24) is 15.5 Å². The number of ether oxygens (including phenoxy) is 1. The van der Waals surface area contributed by atoms with Gasteiger partial charge >= 0.3 is 0 Å². The predicted molar refractivity (Wildman–Crippen MR) is 98.0 cm³/mol. The number of carbonyl (C=O) groups is 3. The minimum absolute atomic E-state index is 0.00914. The minimum atomic E-state index is -0.338. The Morgan fingerprint density at radius 2 is 2.00 bits per heavy atom. The van der Waals surface area contributed by atoms with Gasteiger partial charge in [0.15, 0.2) is 0 Å². The first-order chi connectivity index (χ1) is 12.5. The molecule has 1 heterocycles. The number of likely N-dealkylation sites (tertiary alicyclic amines) is 1. The Labute approximate surface area is 154 Å². The van der Waals surface area contributed by atoms with E-state index < -0.39 is 0 Å². The predicted octanol–water partition coefficient (Wildman–Crippen LogP) is 1.33. The summed E-state index contributed by atoms with van der Waals surface area (Å²) in [7, 11) is 0. The topological polar surface area (TPSA) is 87.7 Å². The van der Waals surface area contributed by atoms with Crippen LogP contribution in [-0.4, -0.2) is 54.9 Å². The molecule has 2 N–H and O–H groups in total. The van der Waals surface area contributed by atoms with Gasteiger partial charge in [-0.25, -0.2) is 0 Å². The van der Waals surface area contributed by atoms with Crippen LogP contribution in [0.2, 0.25) is 0 Å². The lowest BCUT2D eigenvalue weighted by Gasteiger charge is -2.33. The lowest BCUT2D eigenvalue weighted by atomic mass is 10.1. The summed E-state index contributed by atoms with van der Waals surface area (Å²) in [6.45, 7) is 5.16. The van der Waals surface area contributed by atoms with Gasteiger partial charge in [-0.1, -0.05) is 19.1 Å². The minimum Gasteiger partial charge on any atom is -0.493 e. The van der Waals surface area contributed by atoms with Crippen LogP contribution in [0.15, 0.2) is 24.3 Å². The first kappa shape index (κ1) is 19.8. The average Bonchev–Trinajstić information content (AvgIpc) is 2.66. The van der Waals surface area contributed by atoms with Crippen LogP contribution < -0.4 is 15.4 Å². The van der Waals surface area contributed by atoms with Crippen molar-refractivity contribution in [2.45, 2.75) is 39.2 Å². The fourth-order valence-electron chi connectivity index (χ4n) is 2.95. The fraction of sp³-hybridized carbons (Fsp3) is 0.526. The molecule has 1 fully saturated rings. The van der Waals surface area contributed by atoms with E-state index >= 15 is 0 Å². The standard InChI is InChI=1S/C19H27N3O4/c1-3-17(23)21-14-8-7-11-22(13-14)18(24)12-20-19(25)15-9-5-6-10-16(15)26-4-2/h5-6,9-10,14H,3-4,7-8,11-13H2,1-2H3,(H,20,25)(H,21,23). The Bertz CT molecular complexity index is 647. The van der Waals surface area contributed by atoms with Gasteiger partial charge in [0.05, 0.1) is 18.7 Å². The summed E-state index contributed by atoms with van der Waals surface area (Å²) in [6, 6.07) is 6.93. The van der Waals surface area contributed by atoms with Gasteiger partial charge < -0.3 is 20.3 Å². The van der Waals surface area contributed by atoms with Crippen molar-refractivity contribution < 1.29 is 19.1 Å². The molecule has 0 saturated carbocycles. The molecule has 0 aromatic heterocycles. The third kappa shape index (κ3) is 5.47. The lowest BCUT2D eigenvalue weighted by Crippen LogP contribution is -2.51. The molecule has 1 aromatic carbocycles. The molecule has 1 saturated heterocycles. The van der Waals surface area contributed by atoms with Gasteiger partial charge in [-0.05, 0) is 31.9 Å². The van der Waals surface area contributed by atoms with E-state index in [0.717, 1.165) is 12.8 Å². The summed E-state index contributed by atoms with van der Waals surface area (Å²) < 4.78 is 5.45. The summed E-state index contributed by atoms with van der Waals surface area (Å²) in [5.74, 6) is 0.00308. The molecule has 1 aliphatic heterocycles. The Kier molecular flexibility index (Phi) is 7.44. The van der Waals surface area contributed by atoms with Gasteiger partial charge in [-0.15, -0.1) is 0 Å². The summed E-state index contributed by atoms with van der Waals surface area (Å²) in [4.78, 5) is 38.0. The number of benzene rings is 1. The summed E-state index contributed by atoms with van der Waals surface area (Å²) in [5, 5.41) is 5.59. The SMILES string of the molecule is CCOc1ccccc1C(=O)NCC(=O)N1CCCC(NC(=O)CC)C1. The van der Waals surface area contributed by atoms with Crippen molar-refractivity contribution in [2.75, 3.05) is 26.2 Å². The van der Waals surface area contributed by atoms with E-state index in [-0.39, 0.29) is 30.3 Å². The van der Waals surface area contributed by atoms with E-state index in [9.17, 15) is 14.4 Å². The molecule has 7 heteroatoms. The smallest absolute Gasteiger partial charge is 0.255 e. The number of amides is 3. The zero-order chi connectivity index (χ0) is 18.9. The highest BCUT2D eigenvalue weighted by atomic mass is 16.5. The van der Waals surface area contributed by atoms with Gasteiger partial charge in [-0.3, -0.25) is 14.4 Å². The van der Waals surface area contributed by atoms with E-state index in [2.05, 4.69) is 10.6 Å². The van der Waals surface area contributed by atoms with Gasteiger partial charge in [0.1, 0.15) is 5.75 Å². The molecule has 142 valence electrons. The number of piperidine rings is 1. The Balaban J connectivity index is 1.88. The Morgan fingerprint density at radius 1 is 1.23 bits per heavy atom. The van der Waals surface area contributed by atoms with Crippen molar-refractivity contribution in [2.24, 2.45) is 0 Å². The highest BCUT2D eigenvalue weighted by molar-refractivity contribution is 5.98. The van der Waals surface area contributed by atoms with E-state index in [1.165, 1.54) is 0 Å². The number of nitrogens with zero attached hydrogens (tertiary/aromatic N) is 1. The van der Waals surface area contributed by atoms with Gasteiger partial charge in [-0.2, -0.15) is 0 Å². The second-order valence-electron chi connectivity index (χ2n) is 6.21. The quantitative estimate of drug-likeness (QED) is 0.767. The molecule has 1 unspecified atom stereocenters. The van der Waals surface area contributed by atoms with Crippen LogP contribution >= 0.6 is 0 Å². The molecule has 3 amide bonds. The summed E-state index contributed by atoms with van der Waals surface area (Å²) in [5.41, 5.74) is 0.411. The Morgan fingerprint density at radius 3 is 2.73 bits per heavy atom. The molecular formula is C19H27N3O4. The molecule has 1 atom stereocenters. The molecular weight excluding hydrogens is 334 g/mol. The van der Waals surface area contributed by atoms with Crippen LogP contribution in [-0.2, 0) is 9.59 Å². The molecule has 1 aliphatic rings. The zero-order valence-electron chi connectivity index (χ0n) is 15.4. The first-order valence-electron chi connectivity index (χ1n) is 9.12. The van der Waals surface area contributed by atoms with E-state index in [0.29, 0.717) is 37.4 Å². The van der Waals surface area contributed by atoms with Crippen molar-refractivity contribution in [1.29, 1.82) is 0 Å². The zero-order valence-corrected chi connectivity index (χ0v) is 15.4. The maximum atomic E-state index is 12.4. The highest BCUT2D eigenvalue weighted by Crippen LogP contribution is 2.17. The van der Waals surface area contributed by atoms with Crippen molar-refractivity contribution >= 4 is 17.7 Å². The number of rotatable bonds is 7. The second-order valence-corrected chi connectivity index (χ2v) is 6.21. The van der Waals surface area contributed by atoms with Crippen LogP contribution in [0, 0.1) is 0 Å². The molecule has 26 heavy (non-hydrogen) atoms. The van der Waals surface area contributed by atoms with Crippen molar-refractivity contribution in [3.05, 3.63) is 29.8 Å². The van der Waals surface area contributed by atoms with Crippen LogP contribution in [0.5, 0.6) is 5.75 Å². The van der Waals surface area contributed by atoms with Crippen LogP contribution in [0.3, 0.4) is 0 Å². The maximum Gasteiger partial charge on any atom is 0.255 e. The van der Waals surface area contributed by atoms with E-state index in [1.807, 2.05) is 6.92 Å². The summed E-state index contributed by atoms with van der Waals surface area (Å²) in [6.07, 6.45) is 2.13. The van der Waals surface area contributed by atoms with Gasteiger partial charge in [0, 0.05) is 25.6 Å². The first-order valence-corrected chi connectivity index (χ1v) is 9.12. The number of hydrogen-bond acceptors (Lipinski definition) is 4. The highest BCUT2D eigenvalue weighted by Gasteiger charge is 2.24. The molecule has 0 spiro atoms. The summed E-state index contributed by atoms with van der Waals surface area (Å²) >= 11 is 0. The van der Waals surface area contributed by atoms with Crippen LogP contribution in [0.1, 0.15) is 43.5 Å². The van der Waals surface area contributed by atoms with Crippen molar-refractivity contribution in [3.8, 4) is 5.75 Å². The largest absolute Gasteiger partial charge is 0.493 e. The number of para-hydroxylation sites is 1.